The second-order valence-electron chi connectivity index (χ2n) is 7.91. The number of aryl methyl sites for hydroxylation is 2. The van der Waals surface area contributed by atoms with Gasteiger partial charge in [0.25, 0.3) is 0 Å². The standard InChI is InChI=1S/C20H29N3O4S/c1-14-4-5-15(2)18(12-14)28(26,27)23-10-8-22(9-11-23)19(24)6-7-21-20(25)17-13-16(17)3/h4-5,12,16-17H,6-11,13H2,1-3H3,(H,21,25). The molecule has 3 rings (SSSR count). The van der Waals surface area contributed by atoms with Crippen molar-refractivity contribution in [2.24, 2.45) is 11.8 Å². The molecule has 1 aliphatic heterocycles. The normalized spacial score (nSPS) is 22.8. The van der Waals surface area contributed by atoms with E-state index >= 15 is 0 Å². The number of hydrogen-bond acceptors (Lipinski definition) is 4. The van der Waals surface area contributed by atoms with E-state index in [-0.39, 0.29) is 37.2 Å². The summed E-state index contributed by atoms with van der Waals surface area (Å²) in [6.07, 6.45) is 1.17. The molecule has 0 aromatic heterocycles. The summed E-state index contributed by atoms with van der Waals surface area (Å²) in [7, 11) is -3.56. The zero-order valence-electron chi connectivity index (χ0n) is 16.8. The quantitative estimate of drug-likeness (QED) is 0.770. The summed E-state index contributed by atoms with van der Waals surface area (Å²) in [5.74, 6) is 0.536. The van der Waals surface area contributed by atoms with Crippen molar-refractivity contribution in [1.82, 2.24) is 14.5 Å². The van der Waals surface area contributed by atoms with E-state index in [1.165, 1.54) is 4.31 Å². The predicted molar refractivity (Wildman–Crippen MR) is 106 cm³/mol. The molecular formula is C20H29N3O4S. The Morgan fingerprint density at radius 1 is 1.14 bits per heavy atom. The van der Waals surface area contributed by atoms with E-state index in [2.05, 4.69) is 5.32 Å². The monoisotopic (exact) mass is 407 g/mol. The van der Waals surface area contributed by atoms with E-state index in [0.29, 0.717) is 30.4 Å². The maximum absolute atomic E-state index is 13.0. The second-order valence-corrected chi connectivity index (χ2v) is 9.82. The van der Waals surface area contributed by atoms with Crippen molar-refractivity contribution >= 4 is 21.8 Å². The summed E-state index contributed by atoms with van der Waals surface area (Å²) in [6.45, 7) is 7.36. The number of amides is 2. The maximum atomic E-state index is 13.0. The molecule has 2 fully saturated rings. The lowest BCUT2D eigenvalue weighted by atomic mass is 10.2. The Kier molecular flexibility index (Phi) is 6.09. The van der Waals surface area contributed by atoms with Gasteiger partial charge < -0.3 is 10.2 Å². The van der Waals surface area contributed by atoms with Crippen molar-refractivity contribution in [3.8, 4) is 0 Å². The lowest BCUT2D eigenvalue weighted by molar-refractivity contribution is -0.132. The van der Waals surface area contributed by atoms with Crippen LogP contribution in [0, 0.1) is 25.7 Å². The van der Waals surface area contributed by atoms with Gasteiger partial charge in [0.05, 0.1) is 4.90 Å². The topological polar surface area (TPSA) is 86.8 Å². The van der Waals surface area contributed by atoms with Crippen molar-refractivity contribution in [3.63, 3.8) is 0 Å². The molecule has 1 N–H and O–H groups in total. The smallest absolute Gasteiger partial charge is 0.243 e. The molecule has 1 heterocycles. The van der Waals surface area contributed by atoms with Crippen molar-refractivity contribution in [1.29, 1.82) is 0 Å². The second kappa shape index (κ2) is 8.21. The molecule has 2 atom stereocenters. The third-order valence-corrected chi connectivity index (χ3v) is 7.68. The van der Waals surface area contributed by atoms with Crippen LogP contribution in [-0.2, 0) is 19.6 Å². The molecule has 2 unspecified atom stereocenters. The first-order chi connectivity index (χ1) is 13.2. The van der Waals surface area contributed by atoms with Gasteiger partial charge in [-0.2, -0.15) is 4.31 Å². The largest absolute Gasteiger partial charge is 0.355 e. The number of sulfonamides is 1. The summed E-state index contributed by atoms with van der Waals surface area (Å²) in [6, 6.07) is 5.41. The molecule has 7 nitrogen and oxygen atoms in total. The van der Waals surface area contributed by atoms with E-state index in [1.807, 2.05) is 26.0 Å². The van der Waals surface area contributed by atoms with E-state index in [4.69, 9.17) is 0 Å². The Balaban J connectivity index is 1.50. The zero-order chi connectivity index (χ0) is 20.5. The average Bonchev–Trinajstić information content (AvgIpc) is 3.40. The van der Waals surface area contributed by atoms with Crippen LogP contribution in [0.3, 0.4) is 0 Å². The number of rotatable bonds is 6. The Hall–Kier alpha value is -1.93. The van der Waals surface area contributed by atoms with Crippen LogP contribution in [0.1, 0.15) is 30.9 Å². The van der Waals surface area contributed by atoms with Gasteiger partial charge in [0.15, 0.2) is 0 Å². The molecule has 0 radical (unpaired) electrons. The lowest BCUT2D eigenvalue weighted by Gasteiger charge is -2.34. The third-order valence-electron chi connectivity index (χ3n) is 5.64. The molecule has 1 aromatic carbocycles. The number of carbonyl (C=O) groups excluding carboxylic acids is 2. The zero-order valence-corrected chi connectivity index (χ0v) is 17.6. The van der Waals surface area contributed by atoms with Gasteiger partial charge in [0.1, 0.15) is 0 Å². The first-order valence-electron chi connectivity index (χ1n) is 9.83. The first-order valence-corrected chi connectivity index (χ1v) is 11.3. The fourth-order valence-electron chi connectivity index (χ4n) is 3.57. The van der Waals surface area contributed by atoms with Crippen LogP contribution in [0.5, 0.6) is 0 Å². The average molecular weight is 408 g/mol. The minimum atomic E-state index is -3.56. The van der Waals surface area contributed by atoms with Crippen molar-refractivity contribution in [3.05, 3.63) is 29.3 Å². The first kappa shape index (κ1) is 20.8. The number of nitrogens with one attached hydrogen (secondary N) is 1. The van der Waals surface area contributed by atoms with Gasteiger partial charge in [-0.3, -0.25) is 9.59 Å². The molecular weight excluding hydrogens is 378 g/mol. The molecule has 154 valence electrons. The molecule has 0 bridgehead atoms. The highest BCUT2D eigenvalue weighted by atomic mass is 32.2. The summed E-state index contributed by atoms with van der Waals surface area (Å²) in [5.41, 5.74) is 1.63. The van der Waals surface area contributed by atoms with Gasteiger partial charge >= 0.3 is 0 Å². The summed E-state index contributed by atoms with van der Waals surface area (Å²) in [5, 5.41) is 2.82. The van der Waals surface area contributed by atoms with Crippen LogP contribution in [-0.4, -0.2) is 62.2 Å². The van der Waals surface area contributed by atoms with Gasteiger partial charge in [0, 0.05) is 45.1 Å². The molecule has 1 saturated carbocycles. The molecule has 2 aliphatic rings. The van der Waals surface area contributed by atoms with Gasteiger partial charge in [-0.05, 0) is 43.4 Å². The van der Waals surface area contributed by atoms with Gasteiger partial charge in [0.2, 0.25) is 21.8 Å². The molecule has 1 saturated heterocycles. The van der Waals surface area contributed by atoms with Crippen LogP contribution < -0.4 is 5.32 Å². The highest BCUT2D eigenvalue weighted by molar-refractivity contribution is 7.89. The van der Waals surface area contributed by atoms with Gasteiger partial charge in [-0.25, -0.2) is 8.42 Å². The summed E-state index contributed by atoms with van der Waals surface area (Å²) >= 11 is 0. The van der Waals surface area contributed by atoms with E-state index in [0.717, 1.165) is 17.5 Å². The SMILES string of the molecule is Cc1ccc(C)c(S(=O)(=O)N2CCN(C(=O)CCNC(=O)C3CC3C)CC2)c1. The number of nitrogens with zero attached hydrogens (tertiary/aromatic N) is 2. The van der Waals surface area contributed by atoms with Gasteiger partial charge in [-0.1, -0.05) is 19.1 Å². The molecule has 1 aromatic rings. The Bertz CT molecular complexity index is 860. The van der Waals surface area contributed by atoms with Gasteiger partial charge in [-0.15, -0.1) is 0 Å². The van der Waals surface area contributed by atoms with Crippen LogP contribution in [0.2, 0.25) is 0 Å². The molecule has 28 heavy (non-hydrogen) atoms. The highest BCUT2D eigenvalue weighted by Gasteiger charge is 2.39. The Morgan fingerprint density at radius 2 is 1.79 bits per heavy atom. The lowest BCUT2D eigenvalue weighted by Crippen LogP contribution is -2.51. The van der Waals surface area contributed by atoms with E-state index in [1.54, 1.807) is 17.9 Å². The number of piperazine rings is 1. The fraction of sp³-hybridized carbons (Fsp3) is 0.600. The minimum Gasteiger partial charge on any atom is -0.355 e. The Labute approximate surface area is 167 Å². The van der Waals surface area contributed by atoms with Crippen molar-refractivity contribution < 1.29 is 18.0 Å². The molecule has 0 spiro atoms. The van der Waals surface area contributed by atoms with Crippen molar-refractivity contribution in [2.75, 3.05) is 32.7 Å². The summed E-state index contributed by atoms with van der Waals surface area (Å²) < 4.78 is 27.4. The highest BCUT2D eigenvalue weighted by Crippen LogP contribution is 2.37. The third kappa shape index (κ3) is 4.55. The maximum Gasteiger partial charge on any atom is 0.243 e. The number of benzene rings is 1. The minimum absolute atomic E-state index is 0.0322. The summed E-state index contributed by atoms with van der Waals surface area (Å²) in [4.78, 5) is 26.2. The van der Waals surface area contributed by atoms with E-state index < -0.39 is 10.0 Å². The molecule has 8 heteroatoms. The molecule has 1 aliphatic carbocycles. The number of carbonyl (C=O) groups is 2. The van der Waals surface area contributed by atoms with Crippen LogP contribution in [0.25, 0.3) is 0 Å². The van der Waals surface area contributed by atoms with Crippen molar-refractivity contribution in [2.45, 2.75) is 38.5 Å². The predicted octanol–water partition coefficient (Wildman–Crippen LogP) is 1.30. The van der Waals surface area contributed by atoms with E-state index in [9.17, 15) is 18.0 Å². The fourth-order valence-corrected chi connectivity index (χ4v) is 5.30. The van der Waals surface area contributed by atoms with Crippen LogP contribution >= 0.6 is 0 Å². The van der Waals surface area contributed by atoms with Crippen LogP contribution in [0.4, 0.5) is 0 Å². The van der Waals surface area contributed by atoms with Crippen LogP contribution in [0.15, 0.2) is 23.1 Å². The molecule has 2 amide bonds. The number of hydrogen-bond donors (Lipinski definition) is 1. The Morgan fingerprint density at radius 3 is 2.39 bits per heavy atom.